The van der Waals surface area contributed by atoms with Gasteiger partial charge in [-0.3, -0.25) is 4.79 Å². The highest BCUT2D eigenvalue weighted by Gasteiger charge is 2.49. The number of nitrogens with one attached hydrogen (secondary N) is 1. The fraction of sp³-hybridized carbons (Fsp3) is 0.385. The fourth-order valence-corrected chi connectivity index (χ4v) is 2.46. The molecule has 94 valence electrons. The first-order chi connectivity index (χ1) is 8.47. The van der Waals surface area contributed by atoms with E-state index in [0.29, 0.717) is 18.8 Å². The van der Waals surface area contributed by atoms with Crippen molar-refractivity contribution in [1.29, 1.82) is 5.26 Å². The molecule has 1 fully saturated rings. The van der Waals surface area contributed by atoms with Crippen molar-refractivity contribution in [2.45, 2.75) is 19.8 Å². The Balaban J connectivity index is 2.17. The smallest absolute Gasteiger partial charge is 0.244 e. The molecular formula is C13H12ClFN2O. The van der Waals surface area contributed by atoms with Crippen LogP contribution in [-0.4, -0.2) is 5.91 Å². The highest BCUT2D eigenvalue weighted by Crippen LogP contribution is 2.45. The molecule has 0 heterocycles. The lowest BCUT2D eigenvalue weighted by atomic mass is 9.63. The van der Waals surface area contributed by atoms with Crippen LogP contribution < -0.4 is 5.32 Å². The average molecular weight is 267 g/mol. The van der Waals surface area contributed by atoms with E-state index in [0.717, 1.165) is 6.07 Å². The SMILES string of the molecule is CC1CC(C#N)(C(=O)Nc2cc(F)ccc2Cl)C1. The van der Waals surface area contributed by atoms with E-state index < -0.39 is 17.1 Å². The molecule has 0 atom stereocenters. The number of carbonyl (C=O) groups excluding carboxylic acids is 1. The molecule has 0 spiro atoms. The number of nitriles is 1. The number of rotatable bonds is 2. The van der Waals surface area contributed by atoms with Gasteiger partial charge < -0.3 is 5.32 Å². The van der Waals surface area contributed by atoms with Crippen LogP contribution in [0.1, 0.15) is 19.8 Å². The van der Waals surface area contributed by atoms with E-state index in [1.165, 1.54) is 12.1 Å². The first kappa shape index (κ1) is 12.8. The van der Waals surface area contributed by atoms with Crippen molar-refractivity contribution in [2.24, 2.45) is 11.3 Å². The number of amides is 1. The lowest BCUT2D eigenvalue weighted by molar-refractivity contribution is -0.128. The van der Waals surface area contributed by atoms with Crippen molar-refractivity contribution in [1.82, 2.24) is 0 Å². The van der Waals surface area contributed by atoms with E-state index in [4.69, 9.17) is 16.9 Å². The maximum Gasteiger partial charge on any atom is 0.244 e. The molecule has 1 amide bonds. The minimum absolute atomic E-state index is 0.204. The monoisotopic (exact) mass is 266 g/mol. The van der Waals surface area contributed by atoms with Crippen molar-refractivity contribution in [3.8, 4) is 6.07 Å². The Morgan fingerprint density at radius 1 is 1.61 bits per heavy atom. The van der Waals surface area contributed by atoms with Gasteiger partial charge in [0.15, 0.2) is 0 Å². The van der Waals surface area contributed by atoms with E-state index in [2.05, 4.69) is 11.4 Å². The molecule has 0 radical (unpaired) electrons. The minimum Gasteiger partial charge on any atom is -0.323 e. The predicted molar refractivity (Wildman–Crippen MR) is 66.5 cm³/mol. The van der Waals surface area contributed by atoms with Gasteiger partial charge in [-0.2, -0.15) is 5.26 Å². The summed E-state index contributed by atoms with van der Waals surface area (Å²) in [6.07, 6.45) is 1.06. The third-order valence-corrected chi connectivity index (χ3v) is 3.55. The standard InChI is InChI=1S/C13H12ClFN2O/c1-8-5-13(6-8,7-16)12(18)17-11-4-9(15)2-3-10(11)14/h2-4,8H,5-6H2,1H3,(H,17,18). The van der Waals surface area contributed by atoms with Crippen LogP contribution in [0.25, 0.3) is 0 Å². The first-order valence-electron chi connectivity index (χ1n) is 5.64. The lowest BCUT2D eigenvalue weighted by Gasteiger charge is -2.39. The number of carbonyl (C=O) groups is 1. The molecular weight excluding hydrogens is 255 g/mol. The summed E-state index contributed by atoms with van der Waals surface area (Å²) in [4.78, 5) is 12.0. The van der Waals surface area contributed by atoms with Gasteiger partial charge in [0.25, 0.3) is 0 Å². The largest absolute Gasteiger partial charge is 0.323 e. The van der Waals surface area contributed by atoms with Gasteiger partial charge in [0.05, 0.1) is 16.8 Å². The number of hydrogen-bond donors (Lipinski definition) is 1. The number of halogens is 2. The third-order valence-electron chi connectivity index (χ3n) is 3.22. The van der Waals surface area contributed by atoms with Crippen molar-refractivity contribution in [2.75, 3.05) is 5.32 Å². The summed E-state index contributed by atoms with van der Waals surface area (Å²) in [5.41, 5.74) is -0.787. The Morgan fingerprint density at radius 2 is 2.28 bits per heavy atom. The van der Waals surface area contributed by atoms with Crippen LogP contribution in [0.5, 0.6) is 0 Å². The van der Waals surface area contributed by atoms with E-state index in [9.17, 15) is 9.18 Å². The molecule has 18 heavy (non-hydrogen) atoms. The molecule has 0 aromatic heterocycles. The van der Waals surface area contributed by atoms with E-state index in [1.54, 1.807) is 0 Å². The first-order valence-corrected chi connectivity index (χ1v) is 6.02. The maximum atomic E-state index is 13.1. The van der Waals surface area contributed by atoms with Gasteiger partial charge in [-0.15, -0.1) is 0 Å². The van der Waals surface area contributed by atoms with Crippen molar-refractivity contribution in [3.63, 3.8) is 0 Å². The molecule has 5 heteroatoms. The van der Waals surface area contributed by atoms with Crippen molar-refractivity contribution in [3.05, 3.63) is 29.0 Å². The number of anilines is 1. The third kappa shape index (κ3) is 2.19. The summed E-state index contributed by atoms with van der Waals surface area (Å²) in [6.45, 7) is 1.98. The average Bonchev–Trinajstić information content (AvgIpc) is 2.29. The Kier molecular flexibility index (Phi) is 3.27. The molecule has 1 N–H and O–H groups in total. The molecule has 1 aliphatic rings. The Hall–Kier alpha value is -1.60. The molecule has 0 unspecified atom stereocenters. The summed E-state index contributed by atoms with van der Waals surface area (Å²) in [7, 11) is 0. The van der Waals surface area contributed by atoms with Crippen LogP contribution >= 0.6 is 11.6 Å². The molecule has 0 saturated heterocycles. The van der Waals surface area contributed by atoms with Crippen LogP contribution in [0, 0.1) is 28.5 Å². The van der Waals surface area contributed by atoms with E-state index in [-0.39, 0.29) is 10.7 Å². The van der Waals surface area contributed by atoms with Gasteiger partial charge in [-0.25, -0.2) is 4.39 Å². The molecule has 0 bridgehead atoms. The molecule has 1 aromatic carbocycles. The molecule has 3 nitrogen and oxygen atoms in total. The predicted octanol–water partition coefficient (Wildman–Crippen LogP) is 3.36. The van der Waals surface area contributed by atoms with Gasteiger partial charge in [0.2, 0.25) is 5.91 Å². The Labute approximate surface area is 110 Å². The lowest BCUT2D eigenvalue weighted by Crippen LogP contribution is -2.45. The summed E-state index contributed by atoms with van der Waals surface area (Å²) >= 11 is 5.86. The topological polar surface area (TPSA) is 52.9 Å². The summed E-state index contributed by atoms with van der Waals surface area (Å²) in [5.74, 6) is -0.531. The molecule has 1 aliphatic carbocycles. The van der Waals surface area contributed by atoms with Gasteiger partial charge in [0.1, 0.15) is 11.2 Å². The summed E-state index contributed by atoms with van der Waals surface area (Å²) in [6, 6.07) is 5.78. The van der Waals surface area contributed by atoms with Crippen LogP contribution in [0.2, 0.25) is 5.02 Å². The normalized spacial score (nSPS) is 26.0. The van der Waals surface area contributed by atoms with Crippen LogP contribution in [-0.2, 0) is 4.79 Å². The highest BCUT2D eigenvalue weighted by atomic mass is 35.5. The fourth-order valence-electron chi connectivity index (χ4n) is 2.29. The Morgan fingerprint density at radius 3 is 2.83 bits per heavy atom. The number of nitrogens with zero attached hydrogens (tertiary/aromatic N) is 1. The van der Waals surface area contributed by atoms with Crippen molar-refractivity contribution >= 4 is 23.2 Å². The zero-order valence-electron chi connectivity index (χ0n) is 9.84. The summed E-state index contributed by atoms with van der Waals surface area (Å²) in [5, 5.41) is 11.9. The number of benzene rings is 1. The molecule has 2 rings (SSSR count). The minimum atomic E-state index is -0.991. The van der Waals surface area contributed by atoms with Crippen LogP contribution in [0.15, 0.2) is 18.2 Å². The van der Waals surface area contributed by atoms with Crippen LogP contribution in [0.3, 0.4) is 0 Å². The number of hydrogen-bond acceptors (Lipinski definition) is 2. The Bertz CT molecular complexity index is 532. The highest BCUT2D eigenvalue weighted by molar-refractivity contribution is 6.33. The molecule has 0 aliphatic heterocycles. The van der Waals surface area contributed by atoms with Gasteiger partial charge in [0, 0.05) is 0 Å². The molecule has 1 aromatic rings. The summed E-state index contributed by atoms with van der Waals surface area (Å²) < 4.78 is 13.1. The van der Waals surface area contributed by atoms with E-state index in [1.807, 2.05) is 6.92 Å². The second-order valence-corrected chi connectivity index (χ2v) is 5.19. The van der Waals surface area contributed by atoms with Gasteiger partial charge in [-0.1, -0.05) is 18.5 Å². The van der Waals surface area contributed by atoms with Gasteiger partial charge >= 0.3 is 0 Å². The van der Waals surface area contributed by atoms with Crippen molar-refractivity contribution < 1.29 is 9.18 Å². The van der Waals surface area contributed by atoms with Gasteiger partial charge in [-0.05, 0) is 37.0 Å². The maximum absolute atomic E-state index is 13.1. The zero-order chi connectivity index (χ0) is 13.3. The zero-order valence-corrected chi connectivity index (χ0v) is 10.6. The van der Waals surface area contributed by atoms with E-state index >= 15 is 0 Å². The molecule has 1 saturated carbocycles. The van der Waals surface area contributed by atoms with Crippen LogP contribution in [0.4, 0.5) is 10.1 Å². The second kappa shape index (κ2) is 4.58. The second-order valence-electron chi connectivity index (χ2n) is 4.79. The quantitative estimate of drug-likeness (QED) is 0.892.